The van der Waals surface area contributed by atoms with Crippen molar-refractivity contribution in [3.8, 4) is 0 Å². The smallest absolute Gasteiger partial charge is 0.227 e. The van der Waals surface area contributed by atoms with Gasteiger partial charge in [0.15, 0.2) is 0 Å². The standard InChI is InChI=1S/C15H26N4O2/c1-3-6-16-14-10-21-9-13(14)15(20)17-7-4-5-12-8-18-19-11(12)2/h8,13-14,16H,3-7,9-10H2,1-2H3,(H,17,20)(H,18,19). The first-order valence-electron chi connectivity index (χ1n) is 7.80. The topological polar surface area (TPSA) is 79.0 Å². The summed E-state index contributed by atoms with van der Waals surface area (Å²) in [6.07, 6.45) is 4.77. The van der Waals surface area contributed by atoms with Crippen LogP contribution in [0.15, 0.2) is 6.20 Å². The summed E-state index contributed by atoms with van der Waals surface area (Å²) in [6.45, 7) is 6.91. The van der Waals surface area contributed by atoms with Crippen molar-refractivity contribution in [2.24, 2.45) is 5.92 Å². The van der Waals surface area contributed by atoms with Crippen LogP contribution in [-0.4, -0.2) is 48.4 Å². The number of aromatic nitrogens is 2. The van der Waals surface area contributed by atoms with Crippen LogP contribution in [0.2, 0.25) is 0 Å². The van der Waals surface area contributed by atoms with Crippen molar-refractivity contribution < 1.29 is 9.53 Å². The molecule has 0 bridgehead atoms. The zero-order chi connectivity index (χ0) is 15.1. The molecule has 118 valence electrons. The number of aromatic amines is 1. The molecule has 6 nitrogen and oxygen atoms in total. The Balaban J connectivity index is 1.68. The molecule has 2 heterocycles. The van der Waals surface area contributed by atoms with Crippen LogP contribution in [-0.2, 0) is 16.0 Å². The van der Waals surface area contributed by atoms with Crippen LogP contribution in [0, 0.1) is 12.8 Å². The van der Waals surface area contributed by atoms with Crippen molar-refractivity contribution in [2.75, 3.05) is 26.3 Å². The Bertz CT molecular complexity index is 447. The molecule has 2 rings (SSSR count). The van der Waals surface area contributed by atoms with Crippen molar-refractivity contribution in [3.63, 3.8) is 0 Å². The van der Waals surface area contributed by atoms with E-state index in [1.807, 2.05) is 13.1 Å². The Morgan fingerprint density at radius 3 is 3.05 bits per heavy atom. The van der Waals surface area contributed by atoms with Crippen LogP contribution in [0.5, 0.6) is 0 Å². The second-order valence-corrected chi connectivity index (χ2v) is 5.62. The van der Waals surface area contributed by atoms with E-state index in [2.05, 4.69) is 27.8 Å². The molecule has 2 unspecified atom stereocenters. The fourth-order valence-corrected chi connectivity index (χ4v) is 2.59. The summed E-state index contributed by atoms with van der Waals surface area (Å²) in [7, 11) is 0. The molecule has 0 aromatic carbocycles. The Morgan fingerprint density at radius 1 is 1.48 bits per heavy atom. The number of ether oxygens (including phenoxy) is 1. The van der Waals surface area contributed by atoms with E-state index in [1.54, 1.807) is 0 Å². The average Bonchev–Trinajstić information content (AvgIpc) is 3.10. The third kappa shape index (κ3) is 4.54. The number of H-pyrrole nitrogens is 1. The zero-order valence-corrected chi connectivity index (χ0v) is 12.9. The summed E-state index contributed by atoms with van der Waals surface area (Å²) in [6, 6.07) is 0.154. The minimum atomic E-state index is -0.0628. The van der Waals surface area contributed by atoms with E-state index in [-0.39, 0.29) is 17.9 Å². The molecule has 0 radical (unpaired) electrons. The van der Waals surface area contributed by atoms with Crippen LogP contribution in [0.25, 0.3) is 0 Å². The highest BCUT2D eigenvalue weighted by atomic mass is 16.5. The maximum absolute atomic E-state index is 12.2. The third-order valence-corrected chi connectivity index (χ3v) is 3.93. The van der Waals surface area contributed by atoms with Crippen LogP contribution in [0.3, 0.4) is 0 Å². The number of rotatable bonds is 8. The number of hydrogen-bond acceptors (Lipinski definition) is 4. The number of carbonyl (C=O) groups is 1. The van der Waals surface area contributed by atoms with Crippen molar-refractivity contribution in [1.29, 1.82) is 0 Å². The van der Waals surface area contributed by atoms with Gasteiger partial charge in [0.25, 0.3) is 0 Å². The lowest BCUT2D eigenvalue weighted by Gasteiger charge is -2.18. The van der Waals surface area contributed by atoms with Crippen LogP contribution >= 0.6 is 0 Å². The van der Waals surface area contributed by atoms with E-state index in [1.165, 1.54) is 5.56 Å². The summed E-state index contributed by atoms with van der Waals surface area (Å²) in [5.41, 5.74) is 2.32. The molecule has 1 aromatic rings. The van der Waals surface area contributed by atoms with Crippen molar-refractivity contribution >= 4 is 5.91 Å². The lowest BCUT2D eigenvalue weighted by molar-refractivity contribution is -0.125. The largest absolute Gasteiger partial charge is 0.379 e. The normalized spacial score (nSPS) is 21.6. The molecule has 1 aromatic heterocycles. The lowest BCUT2D eigenvalue weighted by atomic mass is 10.0. The third-order valence-electron chi connectivity index (χ3n) is 3.93. The zero-order valence-electron chi connectivity index (χ0n) is 12.9. The second kappa shape index (κ2) is 8.14. The Hall–Kier alpha value is -1.40. The fourth-order valence-electron chi connectivity index (χ4n) is 2.59. The van der Waals surface area contributed by atoms with Gasteiger partial charge in [0, 0.05) is 18.3 Å². The van der Waals surface area contributed by atoms with Gasteiger partial charge in [-0.1, -0.05) is 6.92 Å². The van der Waals surface area contributed by atoms with Gasteiger partial charge < -0.3 is 15.4 Å². The van der Waals surface area contributed by atoms with Gasteiger partial charge in [0.05, 0.1) is 25.3 Å². The number of carbonyl (C=O) groups excluding carboxylic acids is 1. The molecular weight excluding hydrogens is 268 g/mol. The van der Waals surface area contributed by atoms with E-state index in [0.717, 1.165) is 31.5 Å². The Kier molecular flexibility index (Phi) is 6.20. The number of aryl methyl sites for hydroxylation is 2. The highest BCUT2D eigenvalue weighted by Gasteiger charge is 2.33. The van der Waals surface area contributed by atoms with Gasteiger partial charge in [0.1, 0.15) is 0 Å². The monoisotopic (exact) mass is 294 g/mol. The van der Waals surface area contributed by atoms with E-state index >= 15 is 0 Å². The summed E-state index contributed by atoms with van der Waals surface area (Å²) in [4.78, 5) is 12.2. The number of nitrogens with zero attached hydrogens (tertiary/aromatic N) is 1. The maximum Gasteiger partial charge on any atom is 0.227 e. The Labute approximate surface area is 126 Å². The molecule has 0 aliphatic carbocycles. The van der Waals surface area contributed by atoms with E-state index in [0.29, 0.717) is 19.8 Å². The minimum Gasteiger partial charge on any atom is -0.379 e. The summed E-state index contributed by atoms with van der Waals surface area (Å²) >= 11 is 0. The van der Waals surface area contributed by atoms with Gasteiger partial charge in [-0.2, -0.15) is 5.10 Å². The first kappa shape index (κ1) is 16.0. The van der Waals surface area contributed by atoms with E-state index in [4.69, 9.17) is 4.74 Å². The van der Waals surface area contributed by atoms with Gasteiger partial charge >= 0.3 is 0 Å². The van der Waals surface area contributed by atoms with E-state index in [9.17, 15) is 4.79 Å². The van der Waals surface area contributed by atoms with Crippen LogP contribution in [0.4, 0.5) is 0 Å². The molecular formula is C15H26N4O2. The predicted molar refractivity (Wildman–Crippen MR) is 81.0 cm³/mol. The molecule has 1 saturated heterocycles. The van der Waals surface area contributed by atoms with Gasteiger partial charge in [-0.3, -0.25) is 9.89 Å². The molecule has 1 aliphatic heterocycles. The van der Waals surface area contributed by atoms with Gasteiger partial charge in [-0.25, -0.2) is 0 Å². The first-order chi connectivity index (χ1) is 10.2. The average molecular weight is 294 g/mol. The predicted octanol–water partition coefficient (Wildman–Crippen LogP) is 0.782. The number of nitrogens with one attached hydrogen (secondary N) is 3. The van der Waals surface area contributed by atoms with Crippen molar-refractivity contribution in [2.45, 2.75) is 39.2 Å². The number of amides is 1. The Morgan fingerprint density at radius 2 is 2.33 bits per heavy atom. The minimum absolute atomic E-state index is 0.0628. The van der Waals surface area contributed by atoms with Crippen LogP contribution < -0.4 is 10.6 Å². The van der Waals surface area contributed by atoms with Gasteiger partial charge in [0.2, 0.25) is 5.91 Å². The SMILES string of the molecule is CCCNC1COCC1C(=O)NCCCc1cn[nH]c1C. The first-order valence-corrected chi connectivity index (χ1v) is 7.80. The van der Waals surface area contributed by atoms with Crippen molar-refractivity contribution in [3.05, 3.63) is 17.5 Å². The molecule has 1 aliphatic rings. The van der Waals surface area contributed by atoms with Crippen molar-refractivity contribution in [1.82, 2.24) is 20.8 Å². The molecule has 21 heavy (non-hydrogen) atoms. The maximum atomic E-state index is 12.2. The fraction of sp³-hybridized carbons (Fsp3) is 0.733. The molecule has 2 atom stereocenters. The van der Waals surface area contributed by atoms with Crippen LogP contribution in [0.1, 0.15) is 31.0 Å². The molecule has 0 saturated carbocycles. The second-order valence-electron chi connectivity index (χ2n) is 5.62. The summed E-state index contributed by atoms with van der Waals surface area (Å²) < 4.78 is 5.43. The molecule has 6 heteroatoms. The molecule has 1 fully saturated rings. The van der Waals surface area contributed by atoms with Gasteiger partial charge in [-0.05, 0) is 38.3 Å². The van der Waals surface area contributed by atoms with E-state index < -0.39 is 0 Å². The highest BCUT2D eigenvalue weighted by Crippen LogP contribution is 2.14. The molecule has 1 amide bonds. The lowest BCUT2D eigenvalue weighted by Crippen LogP contribution is -2.44. The van der Waals surface area contributed by atoms with Gasteiger partial charge in [-0.15, -0.1) is 0 Å². The summed E-state index contributed by atoms with van der Waals surface area (Å²) in [5, 5.41) is 13.3. The molecule has 3 N–H and O–H groups in total. The molecule has 0 spiro atoms. The number of hydrogen-bond donors (Lipinski definition) is 3. The summed E-state index contributed by atoms with van der Waals surface area (Å²) in [5.74, 6) is 0.0391. The highest BCUT2D eigenvalue weighted by molar-refractivity contribution is 5.79. The quantitative estimate of drug-likeness (QED) is 0.619.